The number of amides is 2. The first kappa shape index (κ1) is 20.1. The van der Waals surface area contributed by atoms with Gasteiger partial charge in [0.25, 0.3) is 0 Å². The van der Waals surface area contributed by atoms with Crippen molar-refractivity contribution in [3.05, 3.63) is 48.5 Å². The van der Waals surface area contributed by atoms with Crippen molar-refractivity contribution in [2.24, 2.45) is 0 Å². The molecule has 2 amide bonds. The molecule has 0 bridgehead atoms. The molecule has 2 N–H and O–H groups in total. The highest BCUT2D eigenvalue weighted by Gasteiger charge is 2.15. The minimum atomic E-state index is -0.318. The van der Waals surface area contributed by atoms with Gasteiger partial charge in [-0.1, -0.05) is 5.16 Å². The van der Waals surface area contributed by atoms with Gasteiger partial charge in [0.1, 0.15) is 11.4 Å². The highest BCUT2D eigenvalue weighted by Crippen LogP contribution is 2.25. The topological polar surface area (TPSA) is 111 Å². The number of nitrogens with one attached hydrogen (secondary N) is 2. The van der Waals surface area contributed by atoms with E-state index in [0.29, 0.717) is 29.0 Å². The Kier molecular flexibility index (Phi) is 6.28. The van der Waals surface area contributed by atoms with Crippen LogP contribution in [0.2, 0.25) is 0 Å². The SMILES string of the molecule is CNC(=O)NC(C)c1cc(-c2ccc(Oc3ccc(OC(C)C)nc3)nc2)no1. The molecule has 0 fully saturated rings. The van der Waals surface area contributed by atoms with Crippen LogP contribution in [0.4, 0.5) is 4.79 Å². The standard InChI is InChI=1S/C20H23N5O4/c1-12(2)27-18-8-6-15(11-23-18)28-19-7-5-14(10-22-19)16-9-17(29-25-16)13(3)24-20(26)21-4/h5-13H,1-4H3,(H2,21,24,26). The van der Waals surface area contributed by atoms with Crippen LogP contribution in [0.25, 0.3) is 11.3 Å². The molecule has 9 heteroatoms. The molecule has 3 rings (SSSR count). The second-order valence-corrected chi connectivity index (χ2v) is 6.55. The van der Waals surface area contributed by atoms with Crippen molar-refractivity contribution < 1.29 is 18.8 Å². The van der Waals surface area contributed by atoms with E-state index in [1.165, 1.54) is 0 Å². The average molecular weight is 397 g/mol. The number of pyridine rings is 2. The van der Waals surface area contributed by atoms with E-state index >= 15 is 0 Å². The first-order valence-electron chi connectivity index (χ1n) is 9.16. The number of hydrogen-bond donors (Lipinski definition) is 2. The van der Waals surface area contributed by atoms with E-state index in [-0.39, 0.29) is 18.2 Å². The van der Waals surface area contributed by atoms with Crippen LogP contribution in [0.5, 0.6) is 17.5 Å². The highest BCUT2D eigenvalue weighted by molar-refractivity contribution is 5.74. The molecule has 0 saturated heterocycles. The van der Waals surface area contributed by atoms with Gasteiger partial charge in [-0.15, -0.1) is 0 Å². The number of aromatic nitrogens is 3. The first-order chi connectivity index (χ1) is 13.9. The minimum absolute atomic E-state index is 0.0584. The molecule has 152 valence electrons. The zero-order valence-corrected chi connectivity index (χ0v) is 16.7. The molecule has 9 nitrogen and oxygen atoms in total. The molecule has 3 aromatic heterocycles. The van der Waals surface area contributed by atoms with E-state index < -0.39 is 0 Å². The van der Waals surface area contributed by atoms with E-state index in [4.69, 9.17) is 14.0 Å². The van der Waals surface area contributed by atoms with Gasteiger partial charge in [0, 0.05) is 37.0 Å². The highest BCUT2D eigenvalue weighted by atomic mass is 16.5. The van der Waals surface area contributed by atoms with Crippen LogP contribution in [-0.2, 0) is 0 Å². The van der Waals surface area contributed by atoms with Crippen molar-refractivity contribution in [1.29, 1.82) is 0 Å². The second-order valence-electron chi connectivity index (χ2n) is 6.55. The maximum absolute atomic E-state index is 11.4. The Balaban J connectivity index is 1.64. The van der Waals surface area contributed by atoms with Crippen molar-refractivity contribution >= 4 is 6.03 Å². The summed E-state index contributed by atoms with van der Waals surface area (Å²) in [6.45, 7) is 5.68. The first-order valence-corrected chi connectivity index (χ1v) is 9.16. The lowest BCUT2D eigenvalue weighted by Gasteiger charge is -2.09. The van der Waals surface area contributed by atoms with Gasteiger partial charge in [0.05, 0.1) is 18.3 Å². The fourth-order valence-electron chi connectivity index (χ4n) is 2.42. The molecular weight excluding hydrogens is 374 g/mol. The Morgan fingerprint density at radius 1 is 1.07 bits per heavy atom. The molecule has 0 spiro atoms. The maximum Gasteiger partial charge on any atom is 0.315 e. The number of nitrogens with zero attached hydrogens (tertiary/aromatic N) is 3. The predicted octanol–water partition coefficient (Wildman–Crippen LogP) is 3.70. The normalized spacial score (nSPS) is 11.8. The van der Waals surface area contributed by atoms with Crippen molar-refractivity contribution in [1.82, 2.24) is 25.8 Å². The van der Waals surface area contributed by atoms with Gasteiger partial charge in [-0.2, -0.15) is 0 Å². The largest absolute Gasteiger partial charge is 0.475 e. The summed E-state index contributed by atoms with van der Waals surface area (Å²) in [6, 6.07) is 8.22. The van der Waals surface area contributed by atoms with Crippen LogP contribution in [0.3, 0.4) is 0 Å². The van der Waals surface area contributed by atoms with Crippen molar-refractivity contribution in [2.75, 3.05) is 7.05 Å². The van der Waals surface area contributed by atoms with E-state index in [1.54, 1.807) is 50.6 Å². The lowest BCUT2D eigenvalue weighted by atomic mass is 10.1. The molecule has 0 aliphatic carbocycles. The number of carbonyl (C=O) groups is 1. The van der Waals surface area contributed by atoms with E-state index in [0.717, 1.165) is 5.56 Å². The quantitative estimate of drug-likeness (QED) is 0.625. The fraction of sp³-hybridized carbons (Fsp3) is 0.300. The Labute approximate surface area is 168 Å². The van der Waals surface area contributed by atoms with Gasteiger partial charge < -0.3 is 24.6 Å². The summed E-state index contributed by atoms with van der Waals surface area (Å²) in [7, 11) is 1.55. The molecule has 29 heavy (non-hydrogen) atoms. The third-order valence-corrected chi connectivity index (χ3v) is 3.85. The summed E-state index contributed by atoms with van der Waals surface area (Å²) in [6.07, 6.45) is 3.28. The Hall–Kier alpha value is -3.62. The van der Waals surface area contributed by atoms with E-state index in [1.807, 2.05) is 19.9 Å². The van der Waals surface area contributed by atoms with E-state index in [9.17, 15) is 4.79 Å². The molecule has 1 atom stereocenters. The molecule has 3 aromatic rings. The van der Waals surface area contributed by atoms with Crippen LogP contribution in [0.1, 0.15) is 32.6 Å². The Morgan fingerprint density at radius 2 is 1.83 bits per heavy atom. The van der Waals surface area contributed by atoms with Crippen LogP contribution >= 0.6 is 0 Å². The lowest BCUT2D eigenvalue weighted by Crippen LogP contribution is -2.34. The zero-order chi connectivity index (χ0) is 20.8. The molecule has 0 aliphatic heterocycles. The predicted molar refractivity (Wildman–Crippen MR) is 106 cm³/mol. The van der Waals surface area contributed by atoms with Gasteiger partial charge in [-0.25, -0.2) is 14.8 Å². The van der Waals surface area contributed by atoms with Crippen LogP contribution in [0, 0.1) is 0 Å². The average Bonchev–Trinajstić information content (AvgIpc) is 3.20. The second kappa shape index (κ2) is 9.05. The fourth-order valence-corrected chi connectivity index (χ4v) is 2.42. The van der Waals surface area contributed by atoms with Crippen LogP contribution < -0.4 is 20.1 Å². The summed E-state index contributed by atoms with van der Waals surface area (Å²) in [5.41, 5.74) is 1.37. The van der Waals surface area contributed by atoms with Gasteiger partial charge in [0.15, 0.2) is 5.76 Å². The molecule has 0 saturated carbocycles. The van der Waals surface area contributed by atoms with Crippen molar-refractivity contribution in [3.8, 4) is 28.8 Å². The van der Waals surface area contributed by atoms with Gasteiger partial charge in [-0.05, 0) is 32.9 Å². The summed E-state index contributed by atoms with van der Waals surface area (Å²) in [5, 5.41) is 9.26. The van der Waals surface area contributed by atoms with Crippen molar-refractivity contribution in [3.63, 3.8) is 0 Å². The van der Waals surface area contributed by atoms with Crippen molar-refractivity contribution in [2.45, 2.75) is 32.9 Å². The lowest BCUT2D eigenvalue weighted by molar-refractivity contribution is 0.232. The van der Waals surface area contributed by atoms with Gasteiger partial charge >= 0.3 is 6.03 Å². The summed E-state index contributed by atoms with van der Waals surface area (Å²) in [5.74, 6) is 2.06. The monoisotopic (exact) mass is 397 g/mol. The maximum atomic E-state index is 11.4. The number of carbonyl (C=O) groups excluding carboxylic acids is 1. The van der Waals surface area contributed by atoms with Gasteiger partial charge in [-0.3, -0.25) is 0 Å². The molecule has 0 aliphatic rings. The number of ether oxygens (including phenoxy) is 2. The molecule has 0 aromatic carbocycles. The summed E-state index contributed by atoms with van der Waals surface area (Å²) in [4.78, 5) is 19.9. The third kappa shape index (κ3) is 5.44. The Bertz CT molecular complexity index is 938. The minimum Gasteiger partial charge on any atom is -0.475 e. The zero-order valence-electron chi connectivity index (χ0n) is 16.7. The molecular formula is C20H23N5O4. The smallest absolute Gasteiger partial charge is 0.315 e. The molecule has 1 unspecified atom stereocenters. The van der Waals surface area contributed by atoms with Crippen LogP contribution in [0.15, 0.2) is 47.2 Å². The number of hydrogen-bond acceptors (Lipinski definition) is 7. The molecule has 3 heterocycles. The summed E-state index contributed by atoms with van der Waals surface area (Å²) >= 11 is 0. The number of urea groups is 1. The Morgan fingerprint density at radius 3 is 2.45 bits per heavy atom. The van der Waals surface area contributed by atoms with E-state index in [2.05, 4.69) is 25.8 Å². The molecule has 0 radical (unpaired) electrons. The van der Waals surface area contributed by atoms with Crippen LogP contribution in [-0.4, -0.2) is 34.3 Å². The number of rotatable bonds is 7. The third-order valence-electron chi connectivity index (χ3n) is 3.85. The van der Waals surface area contributed by atoms with Gasteiger partial charge in [0.2, 0.25) is 11.8 Å². The summed E-state index contributed by atoms with van der Waals surface area (Å²) < 4.78 is 16.5.